The Morgan fingerprint density at radius 3 is 2.38 bits per heavy atom. The van der Waals surface area contributed by atoms with Crippen molar-refractivity contribution < 1.29 is 27.9 Å². The molecule has 0 aromatic heterocycles. The number of rotatable bonds is 9. The van der Waals surface area contributed by atoms with Gasteiger partial charge in [0.25, 0.3) is 0 Å². The van der Waals surface area contributed by atoms with Crippen LogP contribution in [0.4, 0.5) is 4.79 Å². The molecule has 3 fully saturated rings. The van der Waals surface area contributed by atoms with Crippen LogP contribution < -0.4 is 10.6 Å². The molecule has 2 atom stereocenters. The van der Waals surface area contributed by atoms with Gasteiger partial charge in [-0.15, -0.1) is 12.4 Å². The molecular weight excluding hydrogens is 484 g/mol. The van der Waals surface area contributed by atoms with E-state index in [0.29, 0.717) is 38.3 Å². The van der Waals surface area contributed by atoms with Crippen LogP contribution in [-0.4, -0.2) is 98.0 Å². The maximum absolute atomic E-state index is 12.8. The number of urea groups is 1. The van der Waals surface area contributed by atoms with Gasteiger partial charge in [0.05, 0.1) is 11.9 Å². The molecule has 10 nitrogen and oxygen atoms in total. The smallest absolute Gasteiger partial charge is 0.322 e. The van der Waals surface area contributed by atoms with Crippen molar-refractivity contribution in [3.63, 3.8) is 0 Å². The van der Waals surface area contributed by atoms with Gasteiger partial charge < -0.3 is 25.4 Å². The first kappa shape index (κ1) is 29.1. The molecule has 0 saturated carbocycles. The number of hydrogen-bond donors (Lipinski definition) is 3. The topological polar surface area (TPSA) is 128 Å². The number of ether oxygens (including phenoxy) is 1. The Balaban J connectivity index is 0.00000408. The number of nitrogens with one attached hydrogen (secondary N) is 2. The zero-order chi connectivity index (χ0) is 23.8. The molecule has 12 heteroatoms. The van der Waals surface area contributed by atoms with Crippen molar-refractivity contribution in [2.45, 2.75) is 76.5 Å². The highest BCUT2D eigenvalue weighted by Gasteiger charge is 2.40. The number of unbranched alkanes of at least 4 members (excludes halogenated alkanes) is 1. The maximum atomic E-state index is 12.8. The summed E-state index contributed by atoms with van der Waals surface area (Å²) < 4.78 is 32.6. The predicted octanol–water partition coefficient (Wildman–Crippen LogP) is 1.65. The lowest BCUT2D eigenvalue weighted by atomic mass is 9.99. The zero-order valence-corrected chi connectivity index (χ0v) is 21.7. The first-order valence-corrected chi connectivity index (χ1v) is 14.0. The van der Waals surface area contributed by atoms with Crippen LogP contribution in [-0.2, 0) is 19.6 Å². The summed E-state index contributed by atoms with van der Waals surface area (Å²) in [4.78, 5) is 26.2. The van der Waals surface area contributed by atoms with E-state index in [1.54, 1.807) is 4.90 Å². The molecule has 34 heavy (non-hydrogen) atoms. The van der Waals surface area contributed by atoms with Crippen molar-refractivity contribution >= 4 is 34.4 Å². The number of aliphatic carboxylic acids is 1. The van der Waals surface area contributed by atoms with Gasteiger partial charge in [0, 0.05) is 32.3 Å². The summed E-state index contributed by atoms with van der Waals surface area (Å²) in [5.41, 5.74) is 0. The van der Waals surface area contributed by atoms with Crippen LogP contribution in [0.15, 0.2) is 0 Å². The van der Waals surface area contributed by atoms with Crippen molar-refractivity contribution in [2.24, 2.45) is 5.92 Å². The Morgan fingerprint density at radius 1 is 1.09 bits per heavy atom. The highest BCUT2D eigenvalue weighted by atomic mass is 35.5. The fraction of sp³-hybridized carbons (Fsp3) is 0.909. The van der Waals surface area contributed by atoms with Crippen molar-refractivity contribution in [3.8, 4) is 0 Å². The number of carboxylic acid groups (broad SMARTS) is 1. The molecule has 3 heterocycles. The second-order valence-corrected chi connectivity index (χ2v) is 11.6. The molecule has 0 unspecified atom stereocenters. The minimum atomic E-state index is -3.69. The van der Waals surface area contributed by atoms with Gasteiger partial charge >= 0.3 is 12.0 Å². The van der Waals surface area contributed by atoms with E-state index in [1.165, 1.54) is 0 Å². The maximum Gasteiger partial charge on any atom is 0.322 e. The van der Waals surface area contributed by atoms with Gasteiger partial charge in [-0.1, -0.05) is 13.3 Å². The second kappa shape index (κ2) is 13.8. The molecule has 3 N–H and O–H groups in total. The Bertz CT molecular complexity index is 756. The SMILES string of the molecule is CCCCS(=O)(=O)N1C[C@@H](NC(=O)N2CCC(OCC3CCNCC3)CC2)CC[C@H]1C(=O)O.Cl. The highest BCUT2D eigenvalue weighted by molar-refractivity contribution is 7.89. The number of nitrogens with zero attached hydrogens (tertiary/aromatic N) is 2. The Hall–Kier alpha value is -1.14. The van der Waals surface area contributed by atoms with Gasteiger partial charge in [-0.3, -0.25) is 4.79 Å². The fourth-order valence-corrected chi connectivity index (χ4v) is 6.75. The summed E-state index contributed by atoms with van der Waals surface area (Å²) >= 11 is 0. The van der Waals surface area contributed by atoms with E-state index in [9.17, 15) is 23.1 Å². The minimum Gasteiger partial charge on any atom is -0.480 e. The summed E-state index contributed by atoms with van der Waals surface area (Å²) in [7, 11) is -3.69. The van der Waals surface area contributed by atoms with Crippen LogP contribution in [0, 0.1) is 5.92 Å². The van der Waals surface area contributed by atoms with Gasteiger partial charge in [0.2, 0.25) is 10.0 Å². The molecule has 3 rings (SSSR count). The Kier molecular flexibility index (Phi) is 11.8. The molecule has 0 bridgehead atoms. The number of halogens is 1. The summed E-state index contributed by atoms with van der Waals surface area (Å²) in [6.07, 6.45) is 5.89. The normalized spacial score (nSPS) is 25.5. The van der Waals surface area contributed by atoms with Crippen LogP contribution in [0.3, 0.4) is 0 Å². The van der Waals surface area contributed by atoms with E-state index in [2.05, 4.69) is 10.6 Å². The average molecular weight is 525 g/mol. The third kappa shape index (κ3) is 8.22. The molecule has 0 spiro atoms. The Labute approximate surface area is 209 Å². The third-order valence-electron chi connectivity index (χ3n) is 7.02. The lowest BCUT2D eigenvalue weighted by Gasteiger charge is -2.38. The number of carbonyl (C=O) groups is 2. The van der Waals surface area contributed by atoms with Crippen LogP contribution in [0.2, 0.25) is 0 Å². The molecule has 0 radical (unpaired) electrons. The molecule has 0 aromatic rings. The highest BCUT2D eigenvalue weighted by Crippen LogP contribution is 2.23. The van der Waals surface area contributed by atoms with E-state index in [1.807, 2.05) is 6.92 Å². The largest absolute Gasteiger partial charge is 0.480 e. The van der Waals surface area contributed by atoms with Gasteiger partial charge in [-0.2, -0.15) is 4.31 Å². The van der Waals surface area contributed by atoms with Crippen LogP contribution in [0.25, 0.3) is 0 Å². The molecule has 3 aliphatic heterocycles. The average Bonchev–Trinajstić information content (AvgIpc) is 2.82. The molecule has 0 aliphatic carbocycles. The molecule has 0 aromatic carbocycles. The molecule has 3 aliphatic rings. The zero-order valence-electron chi connectivity index (χ0n) is 20.1. The van der Waals surface area contributed by atoms with E-state index in [-0.39, 0.29) is 43.3 Å². The number of carboxylic acids is 1. The third-order valence-corrected chi connectivity index (χ3v) is 8.94. The summed E-state index contributed by atoms with van der Waals surface area (Å²) in [5, 5.41) is 15.8. The lowest BCUT2D eigenvalue weighted by Crippen LogP contribution is -2.58. The Morgan fingerprint density at radius 2 is 1.76 bits per heavy atom. The van der Waals surface area contributed by atoms with Crippen molar-refractivity contribution in [1.82, 2.24) is 19.8 Å². The monoisotopic (exact) mass is 524 g/mol. The second-order valence-electron chi connectivity index (χ2n) is 9.53. The summed E-state index contributed by atoms with van der Waals surface area (Å²) in [6, 6.07) is -1.66. The molecular formula is C22H41ClN4O6S. The predicted molar refractivity (Wildman–Crippen MR) is 132 cm³/mol. The number of carbonyl (C=O) groups excluding carboxylic acids is 1. The van der Waals surface area contributed by atoms with E-state index >= 15 is 0 Å². The van der Waals surface area contributed by atoms with E-state index in [4.69, 9.17) is 4.74 Å². The molecule has 198 valence electrons. The van der Waals surface area contributed by atoms with E-state index in [0.717, 1.165) is 49.7 Å². The first-order valence-electron chi connectivity index (χ1n) is 12.4. The van der Waals surface area contributed by atoms with E-state index < -0.39 is 28.1 Å². The van der Waals surface area contributed by atoms with Gasteiger partial charge in [-0.05, 0) is 64.0 Å². The summed E-state index contributed by atoms with van der Waals surface area (Å²) in [6.45, 7) is 6.00. The van der Waals surface area contributed by atoms with Crippen LogP contribution in [0.1, 0.15) is 58.3 Å². The molecule has 3 saturated heterocycles. The number of piperidine rings is 3. The summed E-state index contributed by atoms with van der Waals surface area (Å²) in [5.74, 6) is -0.588. The van der Waals surface area contributed by atoms with Gasteiger partial charge in [-0.25, -0.2) is 13.2 Å². The van der Waals surface area contributed by atoms with Gasteiger partial charge in [0.1, 0.15) is 6.04 Å². The van der Waals surface area contributed by atoms with Crippen molar-refractivity contribution in [3.05, 3.63) is 0 Å². The van der Waals surface area contributed by atoms with Crippen molar-refractivity contribution in [2.75, 3.05) is 45.1 Å². The van der Waals surface area contributed by atoms with Crippen LogP contribution >= 0.6 is 12.4 Å². The van der Waals surface area contributed by atoms with Crippen molar-refractivity contribution in [1.29, 1.82) is 0 Å². The quantitative estimate of drug-likeness (QED) is 0.418. The molecule has 2 amide bonds. The minimum absolute atomic E-state index is 0. The number of likely N-dealkylation sites (tertiary alicyclic amines) is 1. The standard InChI is InChI=1S/C22H40N4O6S.ClH/c1-2-3-14-33(30,31)26-15-18(4-5-20(26)21(27)28)24-22(29)25-12-8-19(9-13-25)32-16-17-6-10-23-11-7-17;/h17-20,23H,2-16H2,1H3,(H,24,29)(H,27,28);1H/t18-,20-;/m0./s1. The van der Waals surface area contributed by atoms with Crippen LogP contribution in [0.5, 0.6) is 0 Å². The number of amides is 2. The first-order chi connectivity index (χ1) is 15.8. The lowest BCUT2D eigenvalue weighted by molar-refractivity contribution is -0.142. The number of hydrogen-bond acceptors (Lipinski definition) is 6. The van der Waals surface area contributed by atoms with Gasteiger partial charge in [0.15, 0.2) is 0 Å². The fourth-order valence-electron chi connectivity index (χ4n) is 4.87. The number of sulfonamides is 1.